The zero-order valence-electron chi connectivity index (χ0n) is 15.6. The van der Waals surface area contributed by atoms with Crippen LogP contribution in [-0.2, 0) is 11.3 Å². The van der Waals surface area contributed by atoms with E-state index >= 15 is 0 Å². The molecule has 1 atom stereocenters. The Morgan fingerprint density at radius 2 is 2.00 bits per heavy atom. The number of methoxy groups -OCH3 is 1. The van der Waals surface area contributed by atoms with Crippen molar-refractivity contribution < 1.29 is 28.2 Å². The van der Waals surface area contributed by atoms with E-state index in [1.165, 1.54) is 11.7 Å². The van der Waals surface area contributed by atoms with Gasteiger partial charge in [0.2, 0.25) is 5.54 Å². The number of aromatic nitrogens is 1. The number of amides is 3. The predicted octanol–water partition coefficient (Wildman–Crippen LogP) is 2.26. The highest BCUT2D eigenvalue weighted by molar-refractivity contribution is 6.09. The molecule has 2 aromatic carbocycles. The minimum absolute atomic E-state index is 0.142. The summed E-state index contributed by atoms with van der Waals surface area (Å²) in [5.74, 6) is 3.08. The maximum atomic E-state index is 13.9. The van der Waals surface area contributed by atoms with Gasteiger partial charge in [-0.25, -0.2) is 13.6 Å². The highest BCUT2D eigenvalue weighted by Crippen LogP contribution is 2.31. The Morgan fingerprint density at radius 3 is 2.67 bits per heavy atom. The first-order valence-corrected chi connectivity index (χ1v) is 8.79. The van der Waals surface area contributed by atoms with Crippen LogP contribution in [0.5, 0.6) is 11.6 Å². The van der Waals surface area contributed by atoms with E-state index in [-0.39, 0.29) is 18.0 Å². The van der Waals surface area contributed by atoms with Crippen molar-refractivity contribution in [2.75, 3.05) is 7.11 Å². The maximum Gasteiger partial charge on any atom is 0.323 e. The van der Waals surface area contributed by atoms with E-state index in [4.69, 9.17) is 4.74 Å². The predicted molar refractivity (Wildman–Crippen MR) is 103 cm³/mol. The van der Waals surface area contributed by atoms with Gasteiger partial charge in [-0.05, 0) is 30.3 Å². The van der Waals surface area contributed by atoms with E-state index in [1.807, 2.05) is 0 Å². The third-order valence-corrected chi connectivity index (χ3v) is 4.76. The molecule has 7 nitrogen and oxygen atoms in total. The Kier molecular flexibility index (Phi) is 4.54. The minimum atomic E-state index is -1.77. The molecule has 1 aliphatic rings. The summed E-state index contributed by atoms with van der Waals surface area (Å²) in [5, 5.41) is 16.3. The first kappa shape index (κ1) is 19.3. The van der Waals surface area contributed by atoms with Crippen LogP contribution < -0.4 is 15.4 Å². The number of hydrogen-bond donors (Lipinski definition) is 3. The summed E-state index contributed by atoms with van der Waals surface area (Å²) >= 11 is 0. The van der Waals surface area contributed by atoms with Gasteiger partial charge in [-0.1, -0.05) is 11.8 Å². The van der Waals surface area contributed by atoms with E-state index < -0.39 is 29.1 Å². The largest absolute Gasteiger partial charge is 0.497 e. The first-order chi connectivity index (χ1) is 14.3. The second kappa shape index (κ2) is 7.08. The van der Waals surface area contributed by atoms with Gasteiger partial charge >= 0.3 is 6.03 Å². The number of nitrogens with zero attached hydrogens (tertiary/aromatic N) is 1. The Balaban J connectivity index is 1.77. The lowest BCUT2D eigenvalue weighted by molar-refractivity contribution is -0.122. The van der Waals surface area contributed by atoms with Gasteiger partial charge in [0.05, 0.1) is 19.2 Å². The van der Waals surface area contributed by atoms with E-state index in [2.05, 4.69) is 22.5 Å². The quantitative estimate of drug-likeness (QED) is 0.455. The summed E-state index contributed by atoms with van der Waals surface area (Å²) in [7, 11) is 1.51. The Labute approximate surface area is 169 Å². The number of urea groups is 1. The molecular formula is C21H15F2N3O4. The monoisotopic (exact) mass is 411 g/mol. The molecule has 3 aromatic rings. The Hall–Kier alpha value is -4.06. The summed E-state index contributed by atoms with van der Waals surface area (Å²) in [5.41, 5.74) is -1.91. The van der Waals surface area contributed by atoms with Crippen LogP contribution >= 0.6 is 0 Å². The molecule has 1 saturated heterocycles. The van der Waals surface area contributed by atoms with Crippen molar-refractivity contribution in [1.82, 2.24) is 15.2 Å². The summed E-state index contributed by atoms with van der Waals surface area (Å²) in [6, 6.07) is 7.08. The average Bonchev–Trinajstić information content (AvgIpc) is 3.16. The third kappa shape index (κ3) is 3.28. The van der Waals surface area contributed by atoms with Crippen molar-refractivity contribution in [2.45, 2.75) is 12.1 Å². The second-order valence-electron chi connectivity index (χ2n) is 6.72. The van der Waals surface area contributed by atoms with Gasteiger partial charge in [-0.3, -0.25) is 10.1 Å². The summed E-state index contributed by atoms with van der Waals surface area (Å²) in [6.07, 6.45) is 1.58. The molecule has 0 spiro atoms. The molecule has 9 heteroatoms. The molecule has 0 unspecified atom stereocenters. The molecule has 0 radical (unpaired) electrons. The molecule has 0 bridgehead atoms. The SMILES string of the molecule is COc1ccc2c(O)n(C[C@@]3(C#Cc4ccc(F)cc4F)NC(=O)NC3=O)cc2c1. The van der Waals surface area contributed by atoms with Crippen molar-refractivity contribution in [1.29, 1.82) is 0 Å². The molecule has 1 aliphatic heterocycles. The van der Waals surface area contributed by atoms with E-state index in [1.54, 1.807) is 24.4 Å². The molecule has 3 N–H and O–H groups in total. The van der Waals surface area contributed by atoms with E-state index in [9.17, 15) is 23.5 Å². The number of aromatic hydroxyl groups is 1. The van der Waals surface area contributed by atoms with Gasteiger partial charge < -0.3 is 19.7 Å². The number of rotatable bonds is 3. The molecule has 152 valence electrons. The number of ether oxygens (including phenoxy) is 1. The zero-order chi connectivity index (χ0) is 21.5. The third-order valence-electron chi connectivity index (χ3n) is 4.76. The number of hydrogen-bond acceptors (Lipinski definition) is 4. The van der Waals surface area contributed by atoms with Crippen LogP contribution in [0, 0.1) is 23.5 Å². The maximum absolute atomic E-state index is 13.9. The number of halogens is 2. The van der Waals surface area contributed by atoms with Gasteiger partial charge in [-0.15, -0.1) is 0 Å². The molecule has 1 fully saturated rings. The van der Waals surface area contributed by atoms with Crippen molar-refractivity contribution in [3.8, 4) is 23.5 Å². The normalized spacial score (nSPS) is 18.0. The van der Waals surface area contributed by atoms with Crippen molar-refractivity contribution in [3.05, 3.63) is 59.8 Å². The number of nitrogens with one attached hydrogen (secondary N) is 2. The molecule has 0 aliphatic carbocycles. The Morgan fingerprint density at radius 1 is 1.20 bits per heavy atom. The smallest absolute Gasteiger partial charge is 0.323 e. The first-order valence-electron chi connectivity index (χ1n) is 8.79. The van der Waals surface area contributed by atoms with Crippen molar-refractivity contribution >= 4 is 22.7 Å². The molecule has 3 amide bonds. The van der Waals surface area contributed by atoms with Crippen LogP contribution in [-0.4, -0.2) is 34.3 Å². The summed E-state index contributed by atoms with van der Waals surface area (Å²) < 4.78 is 33.6. The fraction of sp³-hybridized carbons (Fsp3) is 0.143. The molecule has 2 heterocycles. The lowest BCUT2D eigenvalue weighted by atomic mass is 9.99. The topological polar surface area (TPSA) is 92.6 Å². The number of fused-ring (bicyclic) bond motifs is 1. The molecular weight excluding hydrogens is 396 g/mol. The van der Waals surface area contributed by atoms with Crippen LogP contribution in [0.1, 0.15) is 5.56 Å². The molecule has 4 rings (SSSR count). The van der Waals surface area contributed by atoms with Crippen LogP contribution in [0.15, 0.2) is 42.6 Å². The lowest BCUT2D eigenvalue weighted by Gasteiger charge is -2.20. The van der Waals surface area contributed by atoms with Crippen molar-refractivity contribution in [3.63, 3.8) is 0 Å². The average molecular weight is 411 g/mol. The van der Waals surface area contributed by atoms with Gasteiger partial charge in [0, 0.05) is 23.0 Å². The lowest BCUT2D eigenvalue weighted by Crippen LogP contribution is -2.49. The van der Waals surface area contributed by atoms with Gasteiger partial charge in [0.15, 0.2) is 5.88 Å². The van der Waals surface area contributed by atoms with Gasteiger partial charge in [0.1, 0.15) is 17.4 Å². The number of imide groups is 1. The van der Waals surface area contributed by atoms with Crippen LogP contribution in [0.4, 0.5) is 13.6 Å². The number of carbonyl (C=O) groups is 2. The fourth-order valence-corrected chi connectivity index (χ4v) is 3.23. The minimum Gasteiger partial charge on any atom is -0.497 e. The van der Waals surface area contributed by atoms with E-state index in [0.29, 0.717) is 22.6 Å². The van der Waals surface area contributed by atoms with Gasteiger partial charge in [-0.2, -0.15) is 0 Å². The molecule has 1 aromatic heterocycles. The molecule has 30 heavy (non-hydrogen) atoms. The number of benzene rings is 2. The second-order valence-corrected chi connectivity index (χ2v) is 6.72. The highest BCUT2D eigenvalue weighted by Gasteiger charge is 2.46. The number of carbonyl (C=O) groups excluding carboxylic acids is 2. The standard InChI is InChI=1S/C21H15F2N3O4/c1-30-15-4-5-16-13(8-15)10-26(18(16)27)11-21(19(28)24-20(29)25-21)7-6-12-2-3-14(22)9-17(12)23/h2-5,8-10,27H,11H2,1H3,(H2,24,25,28,29)/t21-/m1/s1. The van der Waals surface area contributed by atoms with Crippen LogP contribution in [0.25, 0.3) is 10.8 Å². The fourth-order valence-electron chi connectivity index (χ4n) is 3.23. The van der Waals surface area contributed by atoms with Gasteiger partial charge in [0.25, 0.3) is 5.91 Å². The summed E-state index contributed by atoms with van der Waals surface area (Å²) in [4.78, 5) is 24.3. The van der Waals surface area contributed by atoms with Crippen LogP contribution in [0.3, 0.4) is 0 Å². The van der Waals surface area contributed by atoms with Crippen LogP contribution in [0.2, 0.25) is 0 Å². The van der Waals surface area contributed by atoms with Crippen molar-refractivity contribution in [2.24, 2.45) is 0 Å². The Bertz CT molecular complexity index is 1260. The highest BCUT2D eigenvalue weighted by atomic mass is 19.1. The molecule has 0 saturated carbocycles. The summed E-state index contributed by atoms with van der Waals surface area (Å²) in [6.45, 7) is -0.247. The zero-order valence-corrected chi connectivity index (χ0v) is 15.6. The van der Waals surface area contributed by atoms with E-state index in [0.717, 1.165) is 12.1 Å².